The molecule has 2 N–H and O–H groups in total. The van der Waals surface area contributed by atoms with Gasteiger partial charge in [0.25, 0.3) is 5.69 Å². The van der Waals surface area contributed by atoms with E-state index in [-0.39, 0.29) is 24.1 Å². The number of non-ortho nitro benzene ring substituents is 1. The van der Waals surface area contributed by atoms with Crippen molar-refractivity contribution in [1.29, 1.82) is 0 Å². The first-order valence-corrected chi connectivity index (χ1v) is 11.1. The van der Waals surface area contributed by atoms with Crippen LogP contribution in [0.5, 0.6) is 0 Å². The van der Waals surface area contributed by atoms with Gasteiger partial charge in [-0.2, -0.15) is 0 Å². The van der Waals surface area contributed by atoms with Crippen LogP contribution in [-0.2, 0) is 19.1 Å². The summed E-state index contributed by atoms with van der Waals surface area (Å²) in [5, 5.41) is 16.2. The lowest BCUT2D eigenvalue weighted by Crippen LogP contribution is -2.55. The van der Waals surface area contributed by atoms with Crippen molar-refractivity contribution in [3.05, 3.63) is 39.9 Å². The molecule has 10 heteroatoms. The molecule has 0 bridgehead atoms. The summed E-state index contributed by atoms with van der Waals surface area (Å²) in [4.78, 5) is 52.4. The standard InChI is InChI=1S/C23H34N4O6/c1-7-15(5)20(22(29)25-16(6)23(30)33-8-2)26-21(28)19(14(3)4)24-13-17-9-11-18(12-10-17)27(31)32/h9-16,19-20H,7-8H2,1-6H3,(H,25,29)(H,26,28)/t15-,16-,19-,20-/m0/s1. The summed E-state index contributed by atoms with van der Waals surface area (Å²) in [6, 6.07) is 3.34. The van der Waals surface area contributed by atoms with Crippen LogP contribution in [0.4, 0.5) is 5.69 Å². The summed E-state index contributed by atoms with van der Waals surface area (Å²) in [5.41, 5.74) is 0.572. The molecule has 0 aliphatic carbocycles. The number of hydrogen-bond acceptors (Lipinski definition) is 7. The highest BCUT2D eigenvalue weighted by Crippen LogP contribution is 2.14. The van der Waals surface area contributed by atoms with E-state index in [1.807, 2.05) is 27.7 Å². The van der Waals surface area contributed by atoms with Gasteiger partial charge >= 0.3 is 5.97 Å². The average molecular weight is 463 g/mol. The predicted octanol–water partition coefficient (Wildman–Crippen LogP) is 2.64. The van der Waals surface area contributed by atoms with Crippen LogP contribution in [0.1, 0.15) is 53.5 Å². The van der Waals surface area contributed by atoms with Gasteiger partial charge < -0.3 is 15.4 Å². The van der Waals surface area contributed by atoms with Crippen molar-refractivity contribution in [2.45, 2.75) is 66.1 Å². The molecular weight excluding hydrogens is 428 g/mol. The molecule has 0 saturated heterocycles. The Morgan fingerprint density at radius 2 is 1.67 bits per heavy atom. The number of nitrogens with zero attached hydrogens (tertiary/aromatic N) is 2. The molecule has 2 amide bonds. The van der Waals surface area contributed by atoms with Gasteiger partial charge in [0, 0.05) is 18.3 Å². The van der Waals surface area contributed by atoms with E-state index < -0.39 is 40.8 Å². The van der Waals surface area contributed by atoms with Gasteiger partial charge in [-0.15, -0.1) is 0 Å². The summed E-state index contributed by atoms with van der Waals surface area (Å²) in [5.74, 6) is -1.80. The average Bonchev–Trinajstić information content (AvgIpc) is 2.77. The highest BCUT2D eigenvalue weighted by atomic mass is 16.6. The first-order chi connectivity index (χ1) is 15.5. The molecule has 0 saturated carbocycles. The van der Waals surface area contributed by atoms with Crippen molar-refractivity contribution < 1.29 is 24.0 Å². The number of carbonyl (C=O) groups is 3. The van der Waals surface area contributed by atoms with Gasteiger partial charge in [0.05, 0.1) is 11.5 Å². The van der Waals surface area contributed by atoms with Crippen LogP contribution in [0.3, 0.4) is 0 Å². The summed E-state index contributed by atoms with van der Waals surface area (Å²) < 4.78 is 4.92. The maximum absolute atomic E-state index is 13.0. The van der Waals surface area contributed by atoms with E-state index in [0.717, 1.165) is 0 Å². The van der Waals surface area contributed by atoms with Crippen LogP contribution < -0.4 is 10.6 Å². The van der Waals surface area contributed by atoms with Gasteiger partial charge in [-0.1, -0.05) is 34.1 Å². The number of ether oxygens (including phenoxy) is 1. The smallest absolute Gasteiger partial charge is 0.328 e. The SMILES string of the molecule is CCOC(=O)[C@H](C)NC(=O)[C@@H](NC(=O)[C@@H](N=Cc1ccc([N+](=O)[O-])cc1)C(C)C)[C@@H](C)CC. The lowest BCUT2D eigenvalue weighted by Gasteiger charge is -2.27. The molecular formula is C23H34N4O6. The lowest BCUT2D eigenvalue weighted by molar-refractivity contribution is -0.384. The molecule has 0 heterocycles. The Labute approximate surface area is 194 Å². The Morgan fingerprint density at radius 3 is 2.15 bits per heavy atom. The molecule has 0 radical (unpaired) electrons. The normalized spacial score (nSPS) is 14.9. The van der Waals surface area contributed by atoms with Crippen molar-refractivity contribution in [2.24, 2.45) is 16.8 Å². The Balaban J connectivity index is 2.97. The number of benzene rings is 1. The molecule has 33 heavy (non-hydrogen) atoms. The minimum atomic E-state index is -0.852. The number of carbonyl (C=O) groups excluding carboxylic acids is 3. The summed E-state index contributed by atoms with van der Waals surface area (Å²) in [7, 11) is 0. The van der Waals surface area contributed by atoms with Crippen LogP contribution in [0, 0.1) is 22.0 Å². The lowest BCUT2D eigenvalue weighted by atomic mass is 9.96. The molecule has 0 aliphatic rings. The van der Waals surface area contributed by atoms with Crippen LogP contribution in [0.2, 0.25) is 0 Å². The molecule has 1 rings (SSSR count). The third kappa shape index (κ3) is 8.63. The van der Waals surface area contributed by atoms with Gasteiger partial charge in [-0.05, 0) is 43.4 Å². The number of aliphatic imine (C=N–C) groups is 1. The molecule has 4 atom stereocenters. The second kappa shape index (κ2) is 13.3. The van der Waals surface area contributed by atoms with E-state index in [2.05, 4.69) is 15.6 Å². The third-order valence-corrected chi connectivity index (χ3v) is 5.18. The quantitative estimate of drug-likeness (QED) is 0.212. The summed E-state index contributed by atoms with van der Waals surface area (Å²) >= 11 is 0. The number of amides is 2. The molecule has 0 aliphatic heterocycles. The highest BCUT2D eigenvalue weighted by Gasteiger charge is 2.31. The monoisotopic (exact) mass is 462 g/mol. The second-order valence-corrected chi connectivity index (χ2v) is 8.17. The Morgan fingerprint density at radius 1 is 1.06 bits per heavy atom. The van der Waals surface area contributed by atoms with E-state index >= 15 is 0 Å². The van der Waals surface area contributed by atoms with Crippen LogP contribution in [-0.4, -0.2) is 53.7 Å². The fourth-order valence-electron chi connectivity index (χ4n) is 2.96. The Bertz CT molecular complexity index is 853. The zero-order valence-electron chi connectivity index (χ0n) is 20.0. The fraction of sp³-hybridized carbons (Fsp3) is 0.565. The maximum atomic E-state index is 13.0. The molecule has 1 aromatic rings. The number of nitrogens with one attached hydrogen (secondary N) is 2. The van der Waals surface area contributed by atoms with E-state index in [1.165, 1.54) is 25.3 Å². The topological polar surface area (TPSA) is 140 Å². The van der Waals surface area contributed by atoms with E-state index in [4.69, 9.17) is 4.74 Å². The second-order valence-electron chi connectivity index (χ2n) is 8.17. The van der Waals surface area contributed by atoms with Crippen molar-refractivity contribution in [2.75, 3.05) is 6.61 Å². The maximum Gasteiger partial charge on any atom is 0.328 e. The minimum absolute atomic E-state index is 0.0373. The van der Waals surface area contributed by atoms with Crippen molar-refractivity contribution >= 4 is 29.7 Å². The summed E-state index contributed by atoms with van der Waals surface area (Å²) in [6.07, 6.45) is 2.11. The Kier molecular flexibility index (Phi) is 11.2. The fourth-order valence-corrected chi connectivity index (χ4v) is 2.96. The van der Waals surface area contributed by atoms with E-state index in [1.54, 1.807) is 19.1 Å². The summed E-state index contributed by atoms with van der Waals surface area (Å²) in [6.45, 7) is 10.8. The molecule has 0 spiro atoms. The molecule has 1 aromatic carbocycles. The first-order valence-electron chi connectivity index (χ1n) is 11.1. The zero-order chi connectivity index (χ0) is 25.1. The van der Waals surface area contributed by atoms with Gasteiger partial charge in [0.15, 0.2) is 0 Å². The van der Waals surface area contributed by atoms with Gasteiger partial charge in [-0.25, -0.2) is 4.79 Å². The molecule has 0 unspecified atom stereocenters. The van der Waals surface area contributed by atoms with Crippen LogP contribution in [0.15, 0.2) is 29.3 Å². The van der Waals surface area contributed by atoms with E-state index in [9.17, 15) is 24.5 Å². The molecule has 0 aromatic heterocycles. The Hall–Kier alpha value is -3.30. The van der Waals surface area contributed by atoms with Gasteiger partial charge in [0.2, 0.25) is 11.8 Å². The highest BCUT2D eigenvalue weighted by molar-refractivity contribution is 5.93. The first kappa shape index (κ1) is 27.7. The zero-order valence-corrected chi connectivity index (χ0v) is 20.0. The largest absolute Gasteiger partial charge is 0.464 e. The number of hydrogen-bond donors (Lipinski definition) is 2. The van der Waals surface area contributed by atoms with Crippen molar-refractivity contribution in [3.8, 4) is 0 Å². The molecule has 10 nitrogen and oxygen atoms in total. The molecule has 182 valence electrons. The number of nitro benzene ring substituents is 1. The van der Waals surface area contributed by atoms with Crippen molar-refractivity contribution in [1.82, 2.24) is 10.6 Å². The number of nitro groups is 1. The van der Waals surface area contributed by atoms with Gasteiger partial charge in [-0.3, -0.25) is 24.7 Å². The molecule has 0 fully saturated rings. The minimum Gasteiger partial charge on any atom is -0.464 e. The third-order valence-electron chi connectivity index (χ3n) is 5.18. The van der Waals surface area contributed by atoms with E-state index in [0.29, 0.717) is 12.0 Å². The van der Waals surface area contributed by atoms with Crippen LogP contribution >= 0.6 is 0 Å². The van der Waals surface area contributed by atoms with Crippen LogP contribution in [0.25, 0.3) is 0 Å². The predicted molar refractivity (Wildman–Crippen MR) is 125 cm³/mol. The number of rotatable bonds is 12. The number of esters is 1. The van der Waals surface area contributed by atoms with Crippen molar-refractivity contribution in [3.63, 3.8) is 0 Å². The van der Waals surface area contributed by atoms with Gasteiger partial charge in [0.1, 0.15) is 18.1 Å².